The number of benzene rings is 1. The molecule has 1 aromatic rings. The van der Waals surface area contributed by atoms with Crippen molar-refractivity contribution in [2.24, 2.45) is 0 Å². The third kappa shape index (κ3) is 5.39. The Kier molecular flexibility index (Phi) is 7.21. The third-order valence-corrected chi connectivity index (χ3v) is 6.06. The molecule has 0 radical (unpaired) electrons. The van der Waals surface area contributed by atoms with Gasteiger partial charge in [-0.2, -0.15) is 0 Å². The van der Waals surface area contributed by atoms with Crippen molar-refractivity contribution in [2.75, 3.05) is 13.2 Å². The fourth-order valence-corrected chi connectivity index (χ4v) is 4.81. The van der Waals surface area contributed by atoms with Gasteiger partial charge in [0, 0.05) is 13.0 Å². The van der Waals surface area contributed by atoms with Gasteiger partial charge in [-0.3, -0.25) is 10.2 Å². The molecule has 33 heavy (non-hydrogen) atoms. The van der Waals surface area contributed by atoms with E-state index in [0.717, 1.165) is 5.56 Å². The maximum atomic E-state index is 13.7. The summed E-state index contributed by atoms with van der Waals surface area (Å²) in [5, 5.41) is 13.4. The summed E-state index contributed by atoms with van der Waals surface area (Å²) in [6.07, 6.45) is 0.211. The monoisotopic (exact) mass is 460 g/mol. The van der Waals surface area contributed by atoms with Gasteiger partial charge in [-0.1, -0.05) is 36.4 Å². The van der Waals surface area contributed by atoms with Crippen LogP contribution in [0.15, 0.2) is 43.0 Å². The minimum absolute atomic E-state index is 0.265. The number of ether oxygens (including phenoxy) is 3. The first kappa shape index (κ1) is 25.2. The number of carbonyl (C=O) groups is 2. The zero-order valence-electron chi connectivity index (χ0n) is 20.2. The summed E-state index contributed by atoms with van der Waals surface area (Å²) < 4.78 is 18.1. The van der Waals surface area contributed by atoms with Gasteiger partial charge >= 0.3 is 12.1 Å². The van der Waals surface area contributed by atoms with Gasteiger partial charge in [0.15, 0.2) is 0 Å². The zero-order chi connectivity index (χ0) is 24.4. The van der Waals surface area contributed by atoms with Gasteiger partial charge in [0.2, 0.25) is 0 Å². The van der Waals surface area contributed by atoms with Crippen LogP contribution < -0.4 is 5.32 Å². The molecule has 0 aromatic heterocycles. The van der Waals surface area contributed by atoms with Crippen molar-refractivity contribution in [3.63, 3.8) is 0 Å². The minimum atomic E-state index is -1.26. The van der Waals surface area contributed by atoms with Gasteiger partial charge in [0.05, 0.1) is 18.8 Å². The Bertz CT molecular complexity index is 865. The summed E-state index contributed by atoms with van der Waals surface area (Å²) in [4.78, 5) is 27.3. The maximum Gasteiger partial charge on any atom is 0.409 e. The molecule has 2 N–H and O–H groups in total. The fourth-order valence-electron chi connectivity index (χ4n) is 4.81. The Morgan fingerprint density at radius 2 is 1.97 bits per heavy atom. The molecular weight excluding hydrogens is 424 g/mol. The van der Waals surface area contributed by atoms with E-state index in [1.54, 1.807) is 19.9 Å². The molecule has 0 saturated carbocycles. The number of hydrogen-bond donors (Lipinski definition) is 2. The van der Waals surface area contributed by atoms with Gasteiger partial charge in [0.1, 0.15) is 23.0 Å². The van der Waals surface area contributed by atoms with E-state index in [1.165, 1.54) is 4.90 Å². The van der Waals surface area contributed by atoms with Crippen LogP contribution in [0.2, 0.25) is 0 Å². The largest absolute Gasteiger partial charge is 0.465 e. The molecule has 0 spiro atoms. The Hall–Kier alpha value is -2.42. The number of esters is 1. The number of nitrogens with zero attached hydrogens (tertiary/aromatic N) is 1. The van der Waals surface area contributed by atoms with Crippen LogP contribution in [0.1, 0.15) is 46.6 Å². The standard InChI is InChI=1S/C25H36N2O6/c1-7-13-31-18-15-25(26-16-18,21(28)33-23(2,3)4)20-19(14-17-11-9-8-10-12-17)27(22(29)30)24(5,6)32-20/h7-12,18-20,26H,1,13-16H2,2-6H3,(H,29,30)/t18-,19?,20?,25-/m1/s1. The van der Waals surface area contributed by atoms with Crippen molar-refractivity contribution in [3.05, 3.63) is 48.6 Å². The van der Waals surface area contributed by atoms with Crippen molar-refractivity contribution < 1.29 is 28.9 Å². The Morgan fingerprint density at radius 3 is 2.55 bits per heavy atom. The molecule has 2 unspecified atom stereocenters. The molecule has 1 aromatic carbocycles. The quantitative estimate of drug-likeness (QED) is 0.476. The number of carbonyl (C=O) groups excluding carboxylic acids is 1. The highest BCUT2D eigenvalue weighted by Crippen LogP contribution is 2.43. The molecule has 182 valence electrons. The molecule has 2 aliphatic rings. The normalized spacial score (nSPS) is 29.1. The van der Waals surface area contributed by atoms with Crippen LogP contribution >= 0.6 is 0 Å². The minimum Gasteiger partial charge on any atom is -0.465 e. The van der Waals surface area contributed by atoms with E-state index >= 15 is 0 Å². The van der Waals surface area contributed by atoms with Crippen LogP contribution in [0, 0.1) is 0 Å². The van der Waals surface area contributed by atoms with E-state index in [9.17, 15) is 14.7 Å². The fraction of sp³-hybridized carbons (Fsp3) is 0.600. The Balaban J connectivity index is 2.04. The molecule has 2 saturated heterocycles. The molecule has 0 bridgehead atoms. The molecule has 2 heterocycles. The molecule has 2 aliphatic heterocycles. The van der Waals surface area contributed by atoms with Gasteiger partial charge in [-0.25, -0.2) is 9.59 Å². The molecular formula is C25H36N2O6. The first-order valence-corrected chi connectivity index (χ1v) is 11.3. The lowest BCUT2D eigenvalue weighted by atomic mass is 9.83. The Morgan fingerprint density at radius 1 is 1.30 bits per heavy atom. The van der Waals surface area contributed by atoms with E-state index in [-0.39, 0.29) is 6.10 Å². The summed E-state index contributed by atoms with van der Waals surface area (Å²) in [6.45, 7) is 13.3. The Labute approximate surface area is 195 Å². The molecule has 8 nitrogen and oxygen atoms in total. The lowest BCUT2D eigenvalue weighted by Crippen LogP contribution is -2.63. The van der Waals surface area contributed by atoms with Crippen molar-refractivity contribution in [3.8, 4) is 0 Å². The third-order valence-electron chi connectivity index (χ3n) is 6.06. The van der Waals surface area contributed by atoms with Crippen LogP contribution in [0.25, 0.3) is 0 Å². The van der Waals surface area contributed by atoms with E-state index in [4.69, 9.17) is 14.2 Å². The van der Waals surface area contributed by atoms with Crippen molar-refractivity contribution in [1.29, 1.82) is 0 Å². The first-order valence-electron chi connectivity index (χ1n) is 11.3. The van der Waals surface area contributed by atoms with E-state index in [0.29, 0.717) is 26.0 Å². The topological polar surface area (TPSA) is 97.3 Å². The highest BCUT2D eigenvalue weighted by molar-refractivity contribution is 5.83. The number of hydrogen-bond acceptors (Lipinski definition) is 6. The van der Waals surface area contributed by atoms with E-state index in [1.807, 2.05) is 51.1 Å². The second-order valence-electron chi connectivity index (χ2n) is 10.2. The summed E-state index contributed by atoms with van der Waals surface area (Å²) in [5.74, 6) is -0.467. The van der Waals surface area contributed by atoms with Crippen LogP contribution in [-0.2, 0) is 25.4 Å². The number of carboxylic acid groups (broad SMARTS) is 1. The highest BCUT2D eigenvalue weighted by Gasteiger charge is 2.63. The first-order chi connectivity index (χ1) is 15.4. The van der Waals surface area contributed by atoms with Gasteiger partial charge in [0.25, 0.3) is 0 Å². The summed E-state index contributed by atoms with van der Waals surface area (Å²) in [5.41, 5.74) is -2.16. The molecule has 2 fully saturated rings. The summed E-state index contributed by atoms with van der Waals surface area (Å²) in [6, 6.07) is 9.01. The second-order valence-corrected chi connectivity index (χ2v) is 10.2. The van der Waals surface area contributed by atoms with E-state index in [2.05, 4.69) is 11.9 Å². The van der Waals surface area contributed by atoms with Crippen LogP contribution in [0.4, 0.5) is 4.79 Å². The summed E-state index contributed by atoms with van der Waals surface area (Å²) in [7, 11) is 0. The van der Waals surface area contributed by atoms with Gasteiger partial charge < -0.3 is 19.3 Å². The molecule has 0 aliphatic carbocycles. The average molecular weight is 461 g/mol. The lowest BCUT2D eigenvalue weighted by Gasteiger charge is -2.38. The average Bonchev–Trinajstić information content (AvgIpc) is 3.25. The number of amides is 1. The SMILES string of the molecule is C=CCO[C@H]1CN[C@@](C(=O)OC(C)(C)C)(C2OC(C)(C)N(C(=O)O)C2Cc2ccccc2)C1. The van der Waals surface area contributed by atoms with Crippen molar-refractivity contribution in [1.82, 2.24) is 10.2 Å². The second kappa shape index (κ2) is 9.44. The van der Waals surface area contributed by atoms with Crippen LogP contribution in [-0.4, -0.2) is 70.3 Å². The van der Waals surface area contributed by atoms with Crippen LogP contribution in [0.5, 0.6) is 0 Å². The van der Waals surface area contributed by atoms with Crippen LogP contribution in [0.3, 0.4) is 0 Å². The number of rotatable bonds is 7. The smallest absolute Gasteiger partial charge is 0.409 e. The van der Waals surface area contributed by atoms with Crippen molar-refractivity contribution >= 4 is 12.1 Å². The molecule has 8 heteroatoms. The molecule has 1 amide bonds. The lowest BCUT2D eigenvalue weighted by molar-refractivity contribution is -0.173. The maximum absolute atomic E-state index is 13.7. The molecule has 3 rings (SSSR count). The molecule has 4 atom stereocenters. The summed E-state index contributed by atoms with van der Waals surface area (Å²) >= 11 is 0. The van der Waals surface area contributed by atoms with Crippen molar-refractivity contribution in [2.45, 2.75) is 82.6 Å². The van der Waals surface area contributed by atoms with Gasteiger partial charge in [-0.15, -0.1) is 6.58 Å². The highest BCUT2D eigenvalue weighted by atomic mass is 16.6. The van der Waals surface area contributed by atoms with E-state index < -0.39 is 41.1 Å². The zero-order valence-corrected chi connectivity index (χ0v) is 20.2. The van der Waals surface area contributed by atoms with Gasteiger partial charge in [-0.05, 0) is 46.6 Å². The predicted molar refractivity (Wildman–Crippen MR) is 124 cm³/mol. The number of nitrogens with one attached hydrogen (secondary N) is 1. The predicted octanol–water partition coefficient (Wildman–Crippen LogP) is 3.36.